The van der Waals surface area contributed by atoms with Crippen LogP contribution in [0.5, 0.6) is 0 Å². The van der Waals surface area contributed by atoms with Crippen LogP contribution in [0.3, 0.4) is 0 Å². The topological polar surface area (TPSA) is 0 Å². The molecule has 0 spiro atoms. The summed E-state index contributed by atoms with van der Waals surface area (Å²) in [4.78, 5) is 0. The smallest absolute Gasteiger partial charge is 0.0340 e. The molecule has 0 heterocycles. The fourth-order valence-corrected chi connectivity index (χ4v) is 1.04. The lowest BCUT2D eigenvalue weighted by Crippen LogP contribution is -1.83. The van der Waals surface area contributed by atoms with Gasteiger partial charge in [0.2, 0.25) is 0 Å². The van der Waals surface area contributed by atoms with Crippen molar-refractivity contribution in [3.05, 3.63) is 35.9 Å². The maximum atomic E-state index is 3.18. The van der Waals surface area contributed by atoms with Gasteiger partial charge in [0.1, 0.15) is 0 Å². The van der Waals surface area contributed by atoms with E-state index in [1.807, 2.05) is 6.07 Å². The first-order chi connectivity index (χ1) is 6.29. The maximum absolute atomic E-state index is 3.18. The fourth-order valence-electron chi connectivity index (χ4n) is 1.04. The Morgan fingerprint density at radius 2 is 1.77 bits per heavy atom. The molecule has 0 nitrogen and oxygen atoms in total. The van der Waals surface area contributed by atoms with Crippen LogP contribution in [-0.2, 0) is 6.42 Å². The summed E-state index contributed by atoms with van der Waals surface area (Å²) in [5.74, 6) is 7.05. The van der Waals surface area contributed by atoms with Crippen molar-refractivity contribution >= 4 is 0 Å². The average Bonchev–Trinajstić information content (AvgIpc) is 2.14. The third-order valence-electron chi connectivity index (χ3n) is 1.77. The zero-order chi connectivity index (χ0) is 9.52. The molecule has 0 saturated heterocycles. The van der Waals surface area contributed by atoms with E-state index in [0.29, 0.717) is 5.92 Å². The lowest BCUT2D eigenvalue weighted by molar-refractivity contribution is 0.675. The molecule has 0 saturated carbocycles. The molecule has 0 aromatic heterocycles. The first-order valence-corrected chi connectivity index (χ1v) is 4.78. The maximum Gasteiger partial charge on any atom is 0.0340 e. The molecule has 0 fully saturated rings. The number of rotatable bonds is 2. The fraction of sp³-hybridized carbons (Fsp3) is 0.385. The zero-order valence-corrected chi connectivity index (χ0v) is 8.38. The van der Waals surface area contributed by atoms with Gasteiger partial charge < -0.3 is 0 Å². The highest BCUT2D eigenvalue weighted by Crippen LogP contribution is 1.99. The van der Waals surface area contributed by atoms with E-state index in [0.717, 1.165) is 12.8 Å². The Balaban J connectivity index is 2.37. The quantitative estimate of drug-likeness (QED) is 0.600. The monoisotopic (exact) mass is 172 g/mol. The highest BCUT2D eigenvalue weighted by molar-refractivity contribution is 5.20. The summed E-state index contributed by atoms with van der Waals surface area (Å²) in [6.07, 6.45) is 1.89. The number of hydrogen-bond donors (Lipinski definition) is 0. The van der Waals surface area contributed by atoms with Crippen LogP contribution in [-0.4, -0.2) is 0 Å². The Morgan fingerprint density at radius 1 is 1.08 bits per heavy atom. The third-order valence-corrected chi connectivity index (χ3v) is 1.77. The van der Waals surface area contributed by atoms with Crippen molar-refractivity contribution in [1.82, 2.24) is 0 Å². The summed E-state index contributed by atoms with van der Waals surface area (Å²) in [5.41, 5.74) is 1.30. The van der Waals surface area contributed by atoms with Crippen LogP contribution in [0.1, 0.15) is 25.8 Å². The molecule has 1 aromatic rings. The Hall–Kier alpha value is -1.22. The number of benzene rings is 1. The normalized spacial score (nSPS) is 9.46. The van der Waals surface area contributed by atoms with Gasteiger partial charge in [-0.25, -0.2) is 0 Å². The van der Waals surface area contributed by atoms with Crippen molar-refractivity contribution in [3.63, 3.8) is 0 Å². The van der Waals surface area contributed by atoms with Gasteiger partial charge in [-0.1, -0.05) is 50.1 Å². The molecule has 1 rings (SSSR count). The van der Waals surface area contributed by atoms with Crippen LogP contribution < -0.4 is 0 Å². The second-order valence-electron chi connectivity index (χ2n) is 3.61. The Kier molecular flexibility index (Phi) is 4.12. The average molecular weight is 172 g/mol. The van der Waals surface area contributed by atoms with E-state index in [1.165, 1.54) is 5.56 Å². The first kappa shape index (κ1) is 9.86. The van der Waals surface area contributed by atoms with Crippen molar-refractivity contribution in [2.45, 2.75) is 26.7 Å². The molecule has 0 atom stereocenters. The summed E-state index contributed by atoms with van der Waals surface area (Å²) in [5, 5.41) is 0. The van der Waals surface area contributed by atoms with E-state index in [-0.39, 0.29) is 0 Å². The predicted octanol–water partition coefficient (Wildman–Crippen LogP) is 3.28. The highest BCUT2D eigenvalue weighted by Gasteiger charge is 1.87. The van der Waals surface area contributed by atoms with E-state index >= 15 is 0 Å². The van der Waals surface area contributed by atoms with Crippen LogP contribution >= 0.6 is 0 Å². The molecule has 0 aliphatic heterocycles. The minimum Gasteiger partial charge on any atom is -0.103 e. The Morgan fingerprint density at radius 3 is 2.38 bits per heavy atom. The van der Waals surface area contributed by atoms with E-state index < -0.39 is 0 Å². The van der Waals surface area contributed by atoms with Crippen LogP contribution in [0.15, 0.2) is 30.3 Å². The summed E-state index contributed by atoms with van der Waals surface area (Å²) >= 11 is 0. The largest absolute Gasteiger partial charge is 0.103 e. The van der Waals surface area contributed by atoms with Gasteiger partial charge in [-0.3, -0.25) is 0 Å². The second-order valence-corrected chi connectivity index (χ2v) is 3.61. The molecule has 1 aromatic carbocycles. The molecular weight excluding hydrogens is 156 g/mol. The zero-order valence-electron chi connectivity index (χ0n) is 8.38. The van der Waals surface area contributed by atoms with Crippen molar-refractivity contribution in [3.8, 4) is 11.8 Å². The van der Waals surface area contributed by atoms with Gasteiger partial charge in [0, 0.05) is 12.8 Å². The van der Waals surface area contributed by atoms with E-state index in [1.54, 1.807) is 0 Å². The van der Waals surface area contributed by atoms with Gasteiger partial charge in [0.25, 0.3) is 0 Å². The summed E-state index contributed by atoms with van der Waals surface area (Å²) in [7, 11) is 0. The van der Waals surface area contributed by atoms with Gasteiger partial charge in [0.05, 0.1) is 0 Å². The minimum atomic E-state index is 0.684. The van der Waals surface area contributed by atoms with E-state index in [4.69, 9.17) is 0 Å². The van der Waals surface area contributed by atoms with Crippen LogP contribution in [0.2, 0.25) is 0 Å². The van der Waals surface area contributed by atoms with Gasteiger partial charge in [0.15, 0.2) is 0 Å². The van der Waals surface area contributed by atoms with Gasteiger partial charge >= 0.3 is 0 Å². The first-order valence-electron chi connectivity index (χ1n) is 4.78. The molecule has 0 bridgehead atoms. The summed E-state index contributed by atoms with van der Waals surface area (Å²) in [6, 6.07) is 10.4. The molecule has 0 aliphatic carbocycles. The Bertz CT molecular complexity index is 285. The van der Waals surface area contributed by atoms with Crippen LogP contribution in [0, 0.1) is 17.8 Å². The van der Waals surface area contributed by atoms with Crippen molar-refractivity contribution in [1.29, 1.82) is 0 Å². The molecule has 0 aliphatic rings. The third kappa shape index (κ3) is 4.38. The molecule has 0 N–H and O–H groups in total. The molecule has 0 radical (unpaired) electrons. The highest BCUT2D eigenvalue weighted by atomic mass is 13.9. The standard InChI is InChI=1S/C13H16/c1-12(2)8-6-7-11-13-9-4-3-5-10-13/h3-5,9-10,12H,8,11H2,1-2H3. The SMILES string of the molecule is CC(C)CC#CCc1ccccc1. The van der Waals surface area contributed by atoms with E-state index in [2.05, 4.69) is 50.0 Å². The van der Waals surface area contributed by atoms with Crippen molar-refractivity contribution in [2.75, 3.05) is 0 Å². The molecule has 0 amide bonds. The number of hydrogen-bond acceptors (Lipinski definition) is 0. The van der Waals surface area contributed by atoms with Crippen molar-refractivity contribution < 1.29 is 0 Å². The van der Waals surface area contributed by atoms with Gasteiger partial charge in [-0.2, -0.15) is 0 Å². The Labute approximate surface area is 81.0 Å². The molecule has 0 heteroatoms. The molecule has 68 valence electrons. The summed E-state index contributed by atoms with van der Waals surface area (Å²) in [6.45, 7) is 4.38. The molecule has 13 heavy (non-hydrogen) atoms. The second kappa shape index (κ2) is 5.43. The predicted molar refractivity (Wildman–Crippen MR) is 57.4 cm³/mol. The molecular formula is C13H16. The summed E-state index contributed by atoms with van der Waals surface area (Å²) < 4.78 is 0. The molecule has 0 unspecified atom stereocenters. The van der Waals surface area contributed by atoms with Gasteiger partial charge in [-0.15, -0.1) is 5.92 Å². The van der Waals surface area contributed by atoms with E-state index in [9.17, 15) is 0 Å². The lowest BCUT2D eigenvalue weighted by atomic mass is 10.1. The van der Waals surface area contributed by atoms with Crippen LogP contribution in [0.25, 0.3) is 0 Å². The van der Waals surface area contributed by atoms with Crippen molar-refractivity contribution in [2.24, 2.45) is 5.92 Å². The van der Waals surface area contributed by atoms with Crippen LogP contribution in [0.4, 0.5) is 0 Å². The van der Waals surface area contributed by atoms with Gasteiger partial charge in [-0.05, 0) is 11.5 Å². The minimum absolute atomic E-state index is 0.684. The lowest BCUT2D eigenvalue weighted by Gasteiger charge is -1.94.